The molecule has 2 aliphatic rings. The molecule has 0 unspecified atom stereocenters. The Morgan fingerprint density at radius 3 is 2.28 bits per heavy atom. The Labute approximate surface area is 251 Å². The Morgan fingerprint density at radius 1 is 0.930 bits per heavy atom. The van der Waals surface area contributed by atoms with Crippen LogP contribution in [0, 0.1) is 5.92 Å². The summed E-state index contributed by atoms with van der Waals surface area (Å²) in [6, 6.07) is 19.8. The van der Waals surface area contributed by atoms with Crippen molar-refractivity contribution in [1.82, 2.24) is 4.57 Å². The lowest BCUT2D eigenvalue weighted by Crippen LogP contribution is -2.33. The summed E-state index contributed by atoms with van der Waals surface area (Å²) in [5, 5.41) is 1.95. The number of carbonyl (C=O) groups excluding carboxylic acids is 3. The molecule has 1 aromatic heterocycles. The average molecular weight is 626 g/mol. The maximum Gasteiger partial charge on any atom is 0.418 e. The van der Waals surface area contributed by atoms with E-state index in [2.05, 4.69) is 5.32 Å². The lowest BCUT2D eigenvalue weighted by molar-refractivity contribution is -0.137. The zero-order valence-electron chi connectivity index (χ0n) is 22.3. The number of thiazole rings is 1. The lowest BCUT2D eigenvalue weighted by atomic mass is 9.83. The smallest absolute Gasteiger partial charge is 0.418 e. The average Bonchev–Trinajstić information content (AvgIpc) is 3.43. The lowest BCUT2D eigenvalue weighted by Gasteiger charge is -2.30. The normalized spacial score (nSPS) is 19.6. The number of ether oxygens (including phenoxy) is 1. The SMILES string of the molecule is COc1ccc(NC(=O)Cn2c3c(sc2=O)[C@@H](c2ccccc2)[C@@H]2C(=O)N(c4ccccc4C(F)(F)F)C(=O)[C@@H]2S3)cc1. The second-order valence-electron chi connectivity index (χ2n) is 9.88. The number of methoxy groups -OCH3 is 1. The number of nitrogens with one attached hydrogen (secondary N) is 1. The Balaban J connectivity index is 1.40. The van der Waals surface area contributed by atoms with Crippen LogP contribution >= 0.6 is 23.1 Å². The number of carbonyl (C=O) groups is 3. The predicted molar refractivity (Wildman–Crippen MR) is 156 cm³/mol. The molecule has 0 aliphatic carbocycles. The first-order valence-corrected chi connectivity index (χ1v) is 14.7. The quantitative estimate of drug-likeness (QED) is 0.290. The Hall–Kier alpha value is -4.36. The van der Waals surface area contributed by atoms with E-state index in [1.165, 1.54) is 23.8 Å². The fourth-order valence-corrected chi connectivity index (χ4v) is 8.21. The van der Waals surface area contributed by atoms with Crippen LogP contribution in [-0.2, 0) is 27.1 Å². The van der Waals surface area contributed by atoms with Gasteiger partial charge in [0.2, 0.25) is 17.7 Å². The number of aromatic nitrogens is 1. The largest absolute Gasteiger partial charge is 0.497 e. The van der Waals surface area contributed by atoms with Crippen LogP contribution in [0.15, 0.2) is 88.7 Å². The molecule has 220 valence electrons. The summed E-state index contributed by atoms with van der Waals surface area (Å²) in [6.45, 7) is -0.370. The summed E-state index contributed by atoms with van der Waals surface area (Å²) in [4.78, 5) is 54.6. The van der Waals surface area contributed by atoms with E-state index in [0.29, 0.717) is 31.8 Å². The summed E-state index contributed by atoms with van der Waals surface area (Å²) in [5.74, 6) is -3.33. The monoisotopic (exact) mass is 625 g/mol. The fourth-order valence-electron chi connectivity index (χ4n) is 5.44. The highest BCUT2D eigenvalue weighted by atomic mass is 32.2. The van der Waals surface area contributed by atoms with E-state index < -0.39 is 57.1 Å². The van der Waals surface area contributed by atoms with Crippen molar-refractivity contribution in [2.24, 2.45) is 5.92 Å². The maximum atomic E-state index is 13.9. The van der Waals surface area contributed by atoms with Crippen molar-refractivity contribution in [3.63, 3.8) is 0 Å². The zero-order chi connectivity index (χ0) is 30.5. The standard InChI is InChI=1S/C30H22F3N3O5S2/c1-41-18-13-11-17(12-14-18)34-21(37)15-35-28-25(43-29(35)40)22(16-7-3-2-4-8-16)23-24(42-28)27(39)36(26(23)38)20-10-6-5-9-19(20)30(31,32)33/h2-14,22-24H,15H2,1H3,(H,34,37)/t22-,23-,24+/m0/s1. The van der Waals surface area contributed by atoms with Crippen LogP contribution in [0.1, 0.15) is 21.9 Å². The number of benzene rings is 3. The zero-order valence-corrected chi connectivity index (χ0v) is 24.0. The molecular formula is C30H22F3N3O5S2. The van der Waals surface area contributed by atoms with Crippen molar-refractivity contribution in [1.29, 1.82) is 0 Å². The van der Waals surface area contributed by atoms with Crippen molar-refractivity contribution in [2.75, 3.05) is 17.3 Å². The van der Waals surface area contributed by atoms with E-state index in [1.807, 2.05) is 0 Å². The third kappa shape index (κ3) is 5.12. The number of rotatable bonds is 6. The minimum Gasteiger partial charge on any atom is -0.497 e. The van der Waals surface area contributed by atoms with Gasteiger partial charge in [0.05, 0.1) is 29.3 Å². The van der Waals surface area contributed by atoms with Gasteiger partial charge in [0, 0.05) is 16.5 Å². The van der Waals surface area contributed by atoms with Crippen molar-refractivity contribution >= 4 is 52.2 Å². The molecule has 13 heteroatoms. The molecule has 2 aliphatic heterocycles. The molecule has 0 saturated carbocycles. The summed E-state index contributed by atoms with van der Waals surface area (Å²) in [6.07, 6.45) is -4.80. The van der Waals surface area contributed by atoms with Crippen LogP contribution in [0.5, 0.6) is 5.75 Å². The van der Waals surface area contributed by atoms with Gasteiger partial charge in [0.15, 0.2) is 0 Å². The molecule has 1 fully saturated rings. The number of halogens is 3. The Bertz CT molecular complexity index is 1790. The molecule has 0 bridgehead atoms. The predicted octanol–water partition coefficient (Wildman–Crippen LogP) is 5.37. The van der Waals surface area contributed by atoms with Crippen LogP contribution in [0.3, 0.4) is 0 Å². The molecule has 4 aromatic rings. The van der Waals surface area contributed by atoms with Crippen LogP contribution in [0.4, 0.5) is 24.5 Å². The van der Waals surface area contributed by atoms with Crippen molar-refractivity contribution in [3.05, 3.63) is 105 Å². The number of hydrogen-bond donors (Lipinski definition) is 1. The first-order chi connectivity index (χ1) is 20.6. The number of para-hydroxylation sites is 1. The third-order valence-corrected chi connectivity index (χ3v) is 9.94. The van der Waals surface area contributed by atoms with Gasteiger partial charge < -0.3 is 10.1 Å². The highest BCUT2D eigenvalue weighted by Crippen LogP contribution is 2.54. The molecule has 3 heterocycles. The van der Waals surface area contributed by atoms with Gasteiger partial charge in [-0.2, -0.15) is 13.2 Å². The van der Waals surface area contributed by atoms with Gasteiger partial charge in [-0.1, -0.05) is 65.6 Å². The highest BCUT2D eigenvalue weighted by molar-refractivity contribution is 8.00. The summed E-state index contributed by atoms with van der Waals surface area (Å²) < 4.78 is 48.1. The van der Waals surface area contributed by atoms with Gasteiger partial charge >= 0.3 is 11.0 Å². The van der Waals surface area contributed by atoms with E-state index >= 15 is 0 Å². The van der Waals surface area contributed by atoms with Gasteiger partial charge in [-0.3, -0.25) is 23.7 Å². The van der Waals surface area contributed by atoms with E-state index in [1.54, 1.807) is 54.6 Å². The minimum absolute atomic E-state index is 0.335. The number of amides is 3. The van der Waals surface area contributed by atoms with Crippen LogP contribution in [0.2, 0.25) is 0 Å². The van der Waals surface area contributed by atoms with Crippen LogP contribution in [-0.4, -0.2) is 34.6 Å². The first kappa shape index (κ1) is 28.7. The van der Waals surface area contributed by atoms with E-state index in [9.17, 15) is 32.3 Å². The molecule has 8 nitrogen and oxygen atoms in total. The number of hydrogen-bond acceptors (Lipinski definition) is 7. The molecule has 43 heavy (non-hydrogen) atoms. The molecule has 0 radical (unpaired) electrons. The van der Waals surface area contributed by atoms with Gasteiger partial charge in [0.25, 0.3) is 0 Å². The van der Waals surface area contributed by atoms with Crippen molar-refractivity contribution < 1.29 is 32.3 Å². The molecule has 3 aromatic carbocycles. The second-order valence-corrected chi connectivity index (χ2v) is 12.0. The number of imide groups is 1. The number of fused-ring (bicyclic) bond motifs is 2. The number of nitrogens with zero attached hydrogens (tertiary/aromatic N) is 2. The van der Waals surface area contributed by atoms with Crippen LogP contribution < -0.4 is 19.8 Å². The summed E-state index contributed by atoms with van der Waals surface area (Å²) in [7, 11) is 1.52. The van der Waals surface area contributed by atoms with E-state index in [4.69, 9.17) is 4.74 Å². The Morgan fingerprint density at radius 2 is 1.60 bits per heavy atom. The molecule has 3 amide bonds. The van der Waals surface area contributed by atoms with E-state index in [0.717, 1.165) is 35.2 Å². The molecular weight excluding hydrogens is 603 g/mol. The van der Waals surface area contributed by atoms with Crippen molar-refractivity contribution in [2.45, 2.75) is 28.9 Å². The highest BCUT2D eigenvalue weighted by Gasteiger charge is 2.57. The van der Waals surface area contributed by atoms with Gasteiger partial charge in [-0.15, -0.1) is 0 Å². The third-order valence-electron chi connectivity index (χ3n) is 7.33. The molecule has 0 spiro atoms. The van der Waals surface area contributed by atoms with Crippen molar-refractivity contribution in [3.8, 4) is 5.75 Å². The summed E-state index contributed by atoms with van der Waals surface area (Å²) in [5.41, 5.74) is -0.527. The van der Waals surface area contributed by atoms with Gasteiger partial charge in [-0.05, 0) is 42.0 Å². The van der Waals surface area contributed by atoms with Crippen LogP contribution in [0.25, 0.3) is 0 Å². The second kappa shape index (κ2) is 11.0. The number of thioether (sulfide) groups is 1. The molecule has 3 atom stereocenters. The molecule has 1 N–H and O–H groups in total. The maximum absolute atomic E-state index is 13.9. The molecule has 1 saturated heterocycles. The minimum atomic E-state index is -4.80. The summed E-state index contributed by atoms with van der Waals surface area (Å²) >= 11 is 1.79. The van der Waals surface area contributed by atoms with Gasteiger partial charge in [-0.25, -0.2) is 4.90 Å². The van der Waals surface area contributed by atoms with E-state index in [-0.39, 0.29) is 6.54 Å². The number of anilines is 2. The molecule has 6 rings (SSSR count). The Kier molecular flexibility index (Phi) is 7.38. The fraction of sp³-hybridized carbons (Fsp3) is 0.200. The topological polar surface area (TPSA) is 97.7 Å². The number of alkyl halides is 3. The first-order valence-electron chi connectivity index (χ1n) is 13.0. The van der Waals surface area contributed by atoms with Gasteiger partial charge in [0.1, 0.15) is 17.5 Å².